The molecule has 0 aliphatic heterocycles. The Hall–Kier alpha value is -2.07. The quantitative estimate of drug-likeness (QED) is 0.692. The number of halogens is 2. The minimum absolute atomic E-state index is 0. The molecule has 3 nitrogen and oxygen atoms in total. The Labute approximate surface area is 167 Å². The predicted octanol–water partition coefficient (Wildman–Crippen LogP) is 4.78. The molecule has 2 N–H and O–H groups in total. The van der Waals surface area contributed by atoms with Crippen LogP contribution < -0.4 is 5.73 Å². The van der Waals surface area contributed by atoms with Crippen molar-refractivity contribution in [1.29, 1.82) is 0 Å². The molecule has 1 aliphatic carbocycles. The second-order valence-corrected chi connectivity index (χ2v) is 7.10. The summed E-state index contributed by atoms with van der Waals surface area (Å²) >= 11 is 0. The summed E-state index contributed by atoms with van der Waals surface area (Å²) < 4.78 is 13.1. The average molecular weight is 391 g/mol. The van der Waals surface area contributed by atoms with Crippen LogP contribution in [0.4, 0.5) is 10.1 Å². The van der Waals surface area contributed by atoms with Crippen molar-refractivity contribution < 1.29 is 9.18 Å². The van der Waals surface area contributed by atoms with Crippen LogP contribution in [0, 0.1) is 5.82 Å². The summed E-state index contributed by atoms with van der Waals surface area (Å²) in [5, 5.41) is 0. The van der Waals surface area contributed by atoms with E-state index in [1.807, 2.05) is 24.3 Å². The van der Waals surface area contributed by atoms with Gasteiger partial charge in [0.2, 0.25) is 5.91 Å². The van der Waals surface area contributed by atoms with E-state index in [1.54, 1.807) is 12.1 Å². The number of hydrogen-bond acceptors (Lipinski definition) is 2. The third-order valence-corrected chi connectivity index (χ3v) is 5.30. The molecule has 0 unspecified atom stereocenters. The Morgan fingerprint density at radius 2 is 1.70 bits per heavy atom. The lowest BCUT2D eigenvalue weighted by Crippen LogP contribution is -2.40. The zero-order valence-corrected chi connectivity index (χ0v) is 16.4. The van der Waals surface area contributed by atoms with Crippen LogP contribution in [-0.2, 0) is 17.6 Å². The molecule has 1 aliphatic rings. The maximum atomic E-state index is 13.1. The molecule has 5 heteroatoms. The van der Waals surface area contributed by atoms with Gasteiger partial charge in [0.15, 0.2) is 0 Å². The third-order valence-electron chi connectivity index (χ3n) is 5.30. The summed E-state index contributed by atoms with van der Waals surface area (Å²) in [6.07, 6.45) is 6.47. The zero-order valence-electron chi connectivity index (χ0n) is 15.6. The van der Waals surface area contributed by atoms with Gasteiger partial charge >= 0.3 is 0 Å². The molecular weight excluding hydrogens is 363 g/mol. The normalized spacial score (nSPS) is 14.0. The maximum Gasteiger partial charge on any atom is 0.223 e. The molecule has 0 saturated heterocycles. The number of benzene rings is 2. The number of para-hydroxylation sites is 1. The van der Waals surface area contributed by atoms with E-state index in [0.29, 0.717) is 25.4 Å². The number of rotatable bonds is 7. The molecule has 0 aromatic heterocycles. The minimum Gasteiger partial charge on any atom is -0.399 e. The van der Waals surface area contributed by atoms with Crippen molar-refractivity contribution in [3.63, 3.8) is 0 Å². The van der Waals surface area contributed by atoms with Crippen molar-refractivity contribution in [2.24, 2.45) is 0 Å². The molecule has 2 aromatic rings. The first-order chi connectivity index (χ1) is 12.6. The van der Waals surface area contributed by atoms with Crippen molar-refractivity contribution in [2.75, 3.05) is 12.3 Å². The molecule has 0 radical (unpaired) electrons. The highest BCUT2D eigenvalue weighted by Gasteiger charge is 2.26. The van der Waals surface area contributed by atoms with Gasteiger partial charge in [-0.1, -0.05) is 43.2 Å². The first kappa shape index (κ1) is 21.2. The number of nitrogens with two attached hydrogens (primary N) is 1. The van der Waals surface area contributed by atoms with Crippen molar-refractivity contribution >= 4 is 24.0 Å². The van der Waals surface area contributed by atoms with E-state index in [4.69, 9.17) is 5.73 Å². The van der Waals surface area contributed by atoms with Gasteiger partial charge in [-0.25, -0.2) is 4.39 Å². The Morgan fingerprint density at radius 3 is 2.37 bits per heavy atom. The average Bonchev–Trinajstić information content (AvgIpc) is 3.17. The Kier molecular flexibility index (Phi) is 8.11. The molecule has 1 fully saturated rings. The summed E-state index contributed by atoms with van der Waals surface area (Å²) in [5.74, 6) is -0.0276. The van der Waals surface area contributed by atoms with E-state index in [2.05, 4.69) is 4.90 Å². The maximum absolute atomic E-state index is 13.1. The van der Waals surface area contributed by atoms with Crippen LogP contribution in [0.1, 0.15) is 43.2 Å². The monoisotopic (exact) mass is 390 g/mol. The summed E-state index contributed by atoms with van der Waals surface area (Å²) in [6.45, 7) is 0.694. The number of nitrogens with zero attached hydrogens (tertiary/aromatic N) is 1. The van der Waals surface area contributed by atoms with Gasteiger partial charge in [-0.05, 0) is 55.0 Å². The molecule has 1 amide bonds. The number of carbonyl (C=O) groups excluding carboxylic acids is 1. The Morgan fingerprint density at radius 1 is 1.04 bits per heavy atom. The highest BCUT2D eigenvalue weighted by Crippen LogP contribution is 2.25. The number of amides is 1. The summed E-state index contributed by atoms with van der Waals surface area (Å²) in [4.78, 5) is 15.0. The topological polar surface area (TPSA) is 46.3 Å². The summed E-state index contributed by atoms with van der Waals surface area (Å²) in [7, 11) is 0. The summed E-state index contributed by atoms with van der Waals surface area (Å²) in [6, 6.07) is 14.6. The van der Waals surface area contributed by atoms with Gasteiger partial charge in [0.25, 0.3) is 0 Å². The molecule has 1 saturated carbocycles. The van der Waals surface area contributed by atoms with Crippen LogP contribution >= 0.6 is 12.4 Å². The second-order valence-electron chi connectivity index (χ2n) is 7.10. The molecule has 3 rings (SSSR count). The fraction of sp³-hybridized carbons (Fsp3) is 0.409. The van der Waals surface area contributed by atoms with Crippen molar-refractivity contribution in [3.05, 3.63) is 65.5 Å². The van der Waals surface area contributed by atoms with Crippen LogP contribution in [0.5, 0.6) is 0 Å². The first-order valence-electron chi connectivity index (χ1n) is 9.51. The van der Waals surface area contributed by atoms with Crippen LogP contribution in [0.3, 0.4) is 0 Å². The molecule has 146 valence electrons. The van der Waals surface area contributed by atoms with Crippen molar-refractivity contribution in [3.8, 4) is 0 Å². The smallest absolute Gasteiger partial charge is 0.223 e. The van der Waals surface area contributed by atoms with E-state index < -0.39 is 0 Å². The van der Waals surface area contributed by atoms with E-state index in [9.17, 15) is 9.18 Å². The highest BCUT2D eigenvalue weighted by molar-refractivity contribution is 5.85. The number of nitrogen functional groups attached to an aromatic ring is 1. The lowest BCUT2D eigenvalue weighted by molar-refractivity contribution is -0.133. The molecule has 27 heavy (non-hydrogen) atoms. The van der Waals surface area contributed by atoms with Crippen molar-refractivity contribution in [2.45, 2.75) is 51.0 Å². The van der Waals surface area contributed by atoms with Crippen molar-refractivity contribution in [1.82, 2.24) is 4.90 Å². The number of anilines is 1. The number of carbonyl (C=O) groups is 1. The van der Waals surface area contributed by atoms with E-state index in [1.165, 1.54) is 25.0 Å². The molecule has 0 atom stereocenters. The van der Waals surface area contributed by atoms with E-state index in [0.717, 1.165) is 36.1 Å². The predicted molar refractivity (Wildman–Crippen MR) is 110 cm³/mol. The fourth-order valence-corrected chi connectivity index (χ4v) is 3.77. The van der Waals surface area contributed by atoms with Crippen LogP contribution in [-0.4, -0.2) is 23.4 Å². The minimum atomic E-state index is -0.224. The fourth-order valence-electron chi connectivity index (χ4n) is 3.77. The Bertz CT molecular complexity index is 729. The van der Waals surface area contributed by atoms with Gasteiger partial charge in [0, 0.05) is 24.7 Å². The first-order valence-corrected chi connectivity index (χ1v) is 9.51. The van der Waals surface area contributed by atoms with E-state index >= 15 is 0 Å². The third kappa shape index (κ3) is 5.96. The summed E-state index contributed by atoms with van der Waals surface area (Å²) in [5.41, 5.74) is 8.84. The van der Waals surface area contributed by atoms with Crippen LogP contribution in [0.15, 0.2) is 48.5 Å². The van der Waals surface area contributed by atoms with Gasteiger partial charge in [0.1, 0.15) is 5.82 Å². The Balaban J connectivity index is 0.00000261. The van der Waals surface area contributed by atoms with E-state index in [-0.39, 0.29) is 24.1 Å². The molecular formula is C22H28ClFN2O. The standard InChI is InChI=1S/C22H27FN2O.ClH/c23-19-12-9-17(10-13-19)15-16-25(20-6-2-3-7-20)22(26)14-11-18-5-1-4-8-21(18)24;/h1,4-5,8-10,12-13,20H,2-3,6-7,11,14-16,24H2;1H. The lowest BCUT2D eigenvalue weighted by Gasteiger charge is -2.29. The second kappa shape index (κ2) is 10.3. The molecule has 0 heterocycles. The van der Waals surface area contributed by atoms with Gasteiger partial charge < -0.3 is 10.6 Å². The lowest BCUT2D eigenvalue weighted by atomic mass is 10.1. The van der Waals surface area contributed by atoms with Gasteiger partial charge in [-0.2, -0.15) is 0 Å². The molecule has 0 bridgehead atoms. The van der Waals surface area contributed by atoms with Crippen LogP contribution in [0.25, 0.3) is 0 Å². The SMILES string of the molecule is Cl.Nc1ccccc1CCC(=O)N(CCc1ccc(F)cc1)C1CCCC1. The molecule has 2 aromatic carbocycles. The van der Waals surface area contributed by atoms with Crippen LogP contribution in [0.2, 0.25) is 0 Å². The number of hydrogen-bond donors (Lipinski definition) is 1. The van der Waals surface area contributed by atoms with Gasteiger partial charge in [-0.3, -0.25) is 4.79 Å². The number of aryl methyl sites for hydroxylation is 1. The largest absolute Gasteiger partial charge is 0.399 e. The molecule has 0 spiro atoms. The van der Waals surface area contributed by atoms with Gasteiger partial charge in [-0.15, -0.1) is 12.4 Å². The van der Waals surface area contributed by atoms with Gasteiger partial charge in [0.05, 0.1) is 0 Å². The zero-order chi connectivity index (χ0) is 18.4. The highest BCUT2D eigenvalue weighted by atomic mass is 35.5.